The summed E-state index contributed by atoms with van der Waals surface area (Å²) in [6, 6.07) is 6.28. The average molecular weight is 207 g/mol. The van der Waals surface area contributed by atoms with Gasteiger partial charge < -0.3 is 15.2 Å². The highest BCUT2D eigenvalue weighted by Crippen LogP contribution is 2.31. The van der Waals surface area contributed by atoms with Gasteiger partial charge in [0.1, 0.15) is 13.2 Å². The van der Waals surface area contributed by atoms with Gasteiger partial charge in [-0.25, -0.2) is 0 Å². The standard InChI is InChI=1S/C12H17NO2/c1-2-10(13)7-9-3-4-11-12(8-9)15-6-5-14-11/h3-4,8,10H,2,5-7,13H2,1H3. The molecule has 15 heavy (non-hydrogen) atoms. The Bertz CT molecular complexity index is 338. The van der Waals surface area contributed by atoms with E-state index >= 15 is 0 Å². The van der Waals surface area contributed by atoms with Crippen molar-refractivity contribution >= 4 is 0 Å². The Kier molecular flexibility index (Phi) is 3.11. The zero-order valence-electron chi connectivity index (χ0n) is 9.03. The van der Waals surface area contributed by atoms with E-state index in [9.17, 15) is 0 Å². The second kappa shape index (κ2) is 4.53. The summed E-state index contributed by atoms with van der Waals surface area (Å²) < 4.78 is 11.0. The number of fused-ring (bicyclic) bond motifs is 1. The van der Waals surface area contributed by atoms with Gasteiger partial charge in [0, 0.05) is 6.04 Å². The third-order valence-electron chi connectivity index (χ3n) is 2.63. The molecule has 1 aliphatic heterocycles. The van der Waals surface area contributed by atoms with Crippen molar-refractivity contribution in [3.05, 3.63) is 23.8 Å². The molecule has 1 unspecified atom stereocenters. The van der Waals surface area contributed by atoms with Crippen LogP contribution < -0.4 is 15.2 Å². The summed E-state index contributed by atoms with van der Waals surface area (Å²) >= 11 is 0. The van der Waals surface area contributed by atoms with Crippen molar-refractivity contribution in [2.45, 2.75) is 25.8 Å². The predicted octanol–water partition coefficient (Wildman–Crippen LogP) is 1.74. The van der Waals surface area contributed by atoms with E-state index in [1.807, 2.05) is 12.1 Å². The first kappa shape index (κ1) is 10.3. The van der Waals surface area contributed by atoms with E-state index in [0.717, 1.165) is 24.3 Å². The van der Waals surface area contributed by atoms with E-state index in [2.05, 4.69) is 13.0 Å². The van der Waals surface area contributed by atoms with E-state index < -0.39 is 0 Å². The molecule has 1 aromatic carbocycles. The molecule has 1 aliphatic rings. The molecular formula is C12H17NO2. The lowest BCUT2D eigenvalue weighted by atomic mass is 10.0. The molecule has 2 N–H and O–H groups in total. The molecule has 0 bridgehead atoms. The summed E-state index contributed by atoms with van der Waals surface area (Å²) in [6.45, 7) is 3.37. The normalized spacial score (nSPS) is 16.1. The van der Waals surface area contributed by atoms with E-state index in [1.165, 1.54) is 5.56 Å². The largest absolute Gasteiger partial charge is 0.486 e. The summed E-state index contributed by atoms with van der Waals surface area (Å²) in [5.74, 6) is 1.69. The van der Waals surface area contributed by atoms with Crippen molar-refractivity contribution in [1.82, 2.24) is 0 Å². The zero-order chi connectivity index (χ0) is 10.7. The quantitative estimate of drug-likeness (QED) is 0.821. The molecule has 1 heterocycles. The molecule has 3 nitrogen and oxygen atoms in total. The van der Waals surface area contributed by atoms with Crippen LogP contribution in [0.5, 0.6) is 11.5 Å². The summed E-state index contributed by atoms with van der Waals surface area (Å²) in [5, 5.41) is 0. The smallest absolute Gasteiger partial charge is 0.161 e. The Morgan fingerprint density at radius 3 is 2.73 bits per heavy atom. The van der Waals surface area contributed by atoms with Crippen molar-refractivity contribution in [2.75, 3.05) is 13.2 Å². The van der Waals surface area contributed by atoms with Gasteiger partial charge in [0.2, 0.25) is 0 Å². The molecule has 0 spiro atoms. The van der Waals surface area contributed by atoms with Crippen LogP contribution in [0.2, 0.25) is 0 Å². The summed E-state index contributed by atoms with van der Waals surface area (Å²) in [4.78, 5) is 0. The SMILES string of the molecule is CCC(N)Cc1ccc2c(c1)OCCO2. The number of hydrogen-bond acceptors (Lipinski definition) is 3. The Balaban J connectivity index is 2.13. The maximum Gasteiger partial charge on any atom is 0.161 e. The Morgan fingerprint density at radius 2 is 2.00 bits per heavy atom. The highest BCUT2D eigenvalue weighted by atomic mass is 16.6. The van der Waals surface area contributed by atoms with Crippen LogP contribution in [-0.4, -0.2) is 19.3 Å². The van der Waals surface area contributed by atoms with Gasteiger partial charge in [-0.2, -0.15) is 0 Å². The second-order valence-electron chi connectivity index (χ2n) is 3.85. The van der Waals surface area contributed by atoms with Crippen LogP contribution in [0.25, 0.3) is 0 Å². The Hall–Kier alpha value is -1.22. The number of benzene rings is 1. The van der Waals surface area contributed by atoms with Crippen molar-refractivity contribution in [2.24, 2.45) is 5.73 Å². The van der Waals surface area contributed by atoms with E-state index in [0.29, 0.717) is 13.2 Å². The molecule has 82 valence electrons. The van der Waals surface area contributed by atoms with Gasteiger partial charge in [0.25, 0.3) is 0 Å². The fourth-order valence-corrected chi connectivity index (χ4v) is 1.66. The molecule has 0 radical (unpaired) electrons. The lowest BCUT2D eigenvalue weighted by molar-refractivity contribution is 0.171. The van der Waals surface area contributed by atoms with Gasteiger partial charge >= 0.3 is 0 Å². The van der Waals surface area contributed by atoms with E-state index in [1.54, 1.807) is 0 Å². The molecule has 1 aromatic rings. The van der Waals surface area contributed by atoms with E-state index in [-0.39, 0.29) is 6.04 Å². The zero-order valence-corrected chi connectivity index (χ0v) is 9.03. The minimum absolute atomic E-state index is 0.229. The molecular weight excluding hydrogens is 190 g/mol. The Labute approximate surface area is 90.2 Å². The molecule has 1 atom stereocenters. The summed E-state index contributed by atoms with van der Waals surface area (Å²) in [6.07, 6.45) is 1.89. The summed E-state index contributed by atoms with van der Waals surface area (Å²) in [7, 11) is 0. The monoisotopic (exact) mass is 207 g/mol. The molecule has 0 aromatic heterocycles. The van der Waals surface area contributed by atoms with Gasteiger partial charge in [-0.15, -0.1) is 0 Å². The number of ether oxygens (including phenoxy) is 2. The lowest BCUT2D eigenvalue weighted by Crippen LogP contribution is -2.21. The van der Waals surface area contributed by atoms with Gasteiger partial charge in [-0.1, -0.05) is 13.0 Å². The minimum Gasteiger partial charge on any atom is -0.486 e. The van der Waals surface area contributed by atoms with Crippen LogP contribution in [0.1, 0.15) is 18.9 Å². The van der Waals surface area contributed by atoms with Crippen LogP contribution in [0.4, 0.5) is 0 Å². The van der Waals surface area contributed by atoms with Gasteiger partial charge in [0.15, 0.2) is 11.5 Å². The van der Waals surface area contributed by atoms with E-state index in [4.69, 9.17) is 15.2 Å². The molecule has 0 amide bonds. The number of rotatable bonds is 3. The van der Waals surface area contributed by atoms with Crippen LogP contribution in [0, 0.1) is 0 Å². The molecule has 0 aliphatic carbocycles. The molecule has 2 rings (SSSR count). The minimum atomic E-state index is 0.229. The third-order valence-corrected chi connectivity index (χ3v) is 2.63. The average Bonchev–Trinajstić information content (AvgIpc) is 2.29. The van der Waals surface area contributed by atoms with Gasteiger partial charge in [-0.05, 0) is 30.5 Å². The number of hydrogen-bond donors (Lipinski definition) is 1. The first-order chi connectivity index (χ1) is 7.29. The molecule has 3 heteroatoms. The Morgan fingerprint density at radius 1 is 1.27 bits per heavy atom. The number of nitrogens with two attached hydrogens (primary N) is 1. The van der Waals surface area contributed by atoms with Gasteiger partial charge in [0.05, 0.1) is 0 Å². The molecule has 0 saturated heterocycles. The maximum absolute atomic E-state index is 5.91. The molecule has 0 saturated carbocycles. The highest BCUT2D eigenvalue weighted by Gasteiger charge is 2.12. The predicted molar refractivity (Wildman–Crippen MR) is 59.4 cm³/mol. The fourth-order valence-electron chi connectivity index (χ4n) is 1.66. The first-order valence-electron chi connectivity index (χ1n) is 5.43. The van der Waals surface area contributed by atoms with Crippen molar-refractivity contribution in [1.29, 1.82) is 0 Å². The van der Waals surface area contributed by atoms with Gasteiger partial charge in [-0.3, -0.25) is 0 Å². The van der Waals surface area contributed by atoms with Crippen LogP contribution in [0.3, 0.4) is 0 Å². The van der Waals surface area contributed by atoms with Crippen molar-refractivity contribution in [3.63, 3.8) is 0 Å². The maximum atomic E-state index is 5.91. The summed E-state index contributed by atoms with van der Waals surface area (Å²) in [5.41, 5.74) is 7.13. The molecule has 0 fully saturated rings. The van der Waals surface area contributed by atoms with Crippen molar-refractivity contribution in [3.8, 4) is 11.5 Å². The fraction of sp³-hybridized carbons (Fsp3) is 0.500. The van der Waals surface area contributed by atoms with Crippen molar-refractivity contribution < 1.29 is 9.47 Å². The third kappa shape index (κ3) is 2.42. The topological polar surface area (TPSA) is 44.5 Å². The second-order valence-corrected chi connectivity index (χ2v) is 3.85. The first-order valence-corrected chi connectivity index (χ1v) is 5.43. The van der Waals surface area contributed by atoms with Crippen LogP contribution >= 0.6 is 0 Å². The van der Waals surface area contributed by atoms with Crippen LogP contribution in [0.15, 0.2) is 18.2 Å². The van der Waals surface area contributed by atoms with Crippen LogP contribution in [-0.2, 0) is 6.42 Å². The lowest BCUT2D eigenvalue weighted by Gasteiger charge is -2.19. The highest BCUT2D eigenvalue weighted by molar-refractivity contribution is 5.43.